The molecule has 3 heterocycles. The summed E-state index contributed by atoms with van der Waals surface area (Å²) in [6.07, 6.45) is -1.96. The summed E-state index contributed by atoms with van der Waals surface area (Å²) < 4.78 is 40.6. The first-order valence-electron chi connectivity index (χ1n) is 11.9. The standard InChI is InChI=1S/C28H19ClF3N7O/c29-21-7-4-8-22-24(21)27(40)39(19-5-2-1-3-6-19)23(38-22)12-14-35-26-20(25(33)36-16-37-26)10-9-18-15-17(11-13-34-18)28(30,31)32/h1-8,11,13,15-16H,12,14H2,(H3,33,35,36,37). The molecule has 0 aliphatic rings. The van der Waals surface area contributed by atoms with Crippen LogP contribution in [0.15, 0.2) is 78.0 Å². The van der Waals surface area contributed by atoms with E-state index in [1.807, 2.05) is 18.2 Å². The van der Waals surface area contributed by atoms with Gasteiger partial charge in [-0.15, -0.1) is 0 Å². The molecular weight excluding hydrogens is 543 g/mol. The van der Waals surface area contributed by atoms with Crippen LogP contribution in [0.1, 0.15) is 22.6 Å². The largest absolute Gasteiger partial charge is 0.416 e. The van der Waals surface area contributed by atoms with Gasteiger partial charge in [0.05, 0.1) is 27.2 Å². The minimum Gasteiger partial charge on any atom is -0.382 e. The van der Waals surface area contributed by atoms with Gasteiger partial charge in [-0.3, -0.25) is 9.36 Å². The van der Waals surface area contributed by atoms with E-state index in [1.54, 1.807) is 30.3 Å². The maximum Gasteiger partial charge on any atom is 0.416 e. The van der Waals surface area contributed by atoms with Crippen LogP contribution < -0.4 is 16.6 Å². The minimum absolute atomic E-state index is 0.0386. The molecule has 2 aromatic carbocycles. The fourth-order valence-corrected chi connectivity index (χ4v) is 4.25. The lowest BCUT2D eigenvalue weighted by Crippen LogP contribution is -2.25. The van der Waals surface area contributed by atoms with E-state index in [9.17, 15) is 18.0 Å². The third kappa shape index (κ3) is 5.57. The second-order valence-electron chi connectivity index (χ2n) is 8.47. The van der Waals surface area contributed by atoms with Crippen LogP contribution in [-0.4, -0.2) is 31.0 Å². The number of nitrogens with two attached hydrogens (primary N) is 1. The normalized spacial score (nSPS) is 11.2. The molecule has 0 aliphatic carbocycles. The Morgan fingerprint density at radius 2 is 1.80 bits per heavy atom. The number of pyridine rings is 1. The number of nitrogens with zero attached hydrogens (tertiary/aromatic N) is 5. The van der Waals surface area contributed by atoms with Gasteiger partial charge in [0.1, 0.15) is 35.0 Å². The molecular formula is C28H19ClF3N7O. The van der Waals surface area contributed by atoms with Gasteiger partial charge >= 0.3 is 6.18 Å². The van der Waals surface area contributed by atoms with Crippen molar-refractivity contribution in [3.63, 3.8) is 0 Å². The number of para-hydroxylation sites is 1. The number of hydrogen-bond donors (Lipinski definition) is 2. The van der Waals surface area contributed by atoms with Crippen molar-refractivity contribution in [3.8, 4) is 17.5 Å². The predicted octanol–water partition coefficient (Wildman–Crippen LogP) is 4.88. The highest BCUT2D eigenvalue weighted by Crippen LogP contribution is 2.29. The molecule has 0 unspecified atom stereocenters. The molecule has 0 bridgehead atoms. The fraction of sp³-hybridized carbons (Fsp3) is 0.107. The van der Waals surface area contributed by atoms with Crippen LogP contribution in [0.2, 0.25) is 5.02 Å². The molecule has 0 atom stereocenters. The number of aromatic nitrogens is 5. The van der Waals surface area contributed by atoms with Crippen LogP contribution in [0.25, 0.3) is 16.6 Å². The van der Waals surface area contributed by atoms with Crippen molar-refractivity contribution in [3.05, 3.63) is 111 Å². The van der Waals surface area contributed by atoms with Crippen LogP contribution in [0.3, 0.4) is 0 Å². The number of halogens is 4. The van der Waals surface area contributed by atoms with Gasteiger partial charge in [-0.1, -0.05) is 41.8 Å². The molecule has 0 amide bonds. The van der Waals surface area contributed by atoms with Gasteiger partial charge in [0.15, 0.2) is 0 Å². The molecule has 3 aromatic heterocycles. The summed E-state index contributed by atoms with van der Waals surface area (Å²) in [6.45, 7) is 0.262. The van der Waals surface area contributed by atoms with Crippen LogP contribution in [-0.2, 0) is 12.6 Å². The number of anilines is 2. The molecule has 0 spiro atoms. The van der Waals surface area contributed by atoms with Crippen molar-refractivity contribution in [2.24, 2.45) is 0 Å². The number of nitrogen functional groups attached to an aromatic ring is 1. The molecule has 8 nitrogen and oxygen atoms in total. The Hall–Kier alpha value is -4.95. The number of fused-ring (bicyclic) bond motifs is 1. The van der Waals surface area contributed by atoms with Crippen molar-refractivity contribution in [1.82, 2.24) is 24.5 Å². The van der Waals surface area contributed by atoms with Crippen LogP contribution in [0, 0.1) is 11.8 Å². The van der Waals surface area contributed by atoms with E-state index in [4.69, 9.17) is 22.3 Å². The van der Waals surface area contributed by atoms with Crippen LogP contribution >= 0.6 is 11.6 Å². The summed E-state index contributed by atoms with van der Waals surface area (Å²) in [7, 11) is 0. The molecule has 0 fully saturated rings. The van der Waals surface area contributed by atoms with Crippen molar-refractivity contribution in [2.75, 3.05) is 17.6 Å². The molecule has 0 saturated heterocycles. The Balaban J connectivity index is 1.45. The minimum atomic E-state index is -4.52. The van der Waals surface area contributed by atoms with Gasteiger partial charge in [-0.05, 0) is 42.3 Å². The summed E-state index contributed by atoms with van der Waals surface area (Å²) in [5, 5.41) is 3.74. The maximum atomic E-state index is 13.5. The average molecular weight is 562 g/mol. The summed E-state index contributed by atoms with van der Waals surface area (Å²) in [6, 6.07) is 15.8. The van der Waals surface area contributed by atoms with E-state index >= 15 is 0 Å². The van der Waals surface area contributed by atoms with Crippen molar-refractivity contribution in [1.29, 1.82) is 0 Å². The molecule has 40 heavy (non-hydrogen) atoms. The van der Waals surface area contributed by atoms with E-state index in [-0.39, 0.29) is 35.0 Å². The second-order valence-corrected chi connectivity index (χ2v) is 8.88. The van der Waals surface area contributed by atoms with Gasteiger partial charge in [-0.2, -0.15) is 13.2 Å². The first-order valence-corrected chi connectivity index (χ1v) is 12.3. The molecule has 200 valence electrons. The van der Waals surface area contributed by atoms with E-state index in [0.29, 0.717) is 33.9 Å². The Kier molecular flexibility index (Phi) is 7.35. The molecule has 12 heteroatoms. The van der Waals surface area contributed by atoms with Crippen LogP contribution in [0.5, 0.6) is 0 Å². The maximum absolute atomic E-state index is 13.5. The monoisotopic (exact) mass is 561 g/mol. The second kappa shape index (κ2) is 11.0. The molecule has 3 N–H and O–H groups in total. The van der Waals surface area contributed by atoms with Gasteiger partial charge < -0.3 is 11.1 Å². The highest BCUT2D eigenvalue weighted by molar-refractivity contribution is 6.35. The third-order valence-electron chi connectivity index (χ3n) is 5.85. The number of rotatable bonds is 5. The Bertz CT molecular complexity index is 1830. The van der Waals surface area contributed by atoms with Crippen molar-refractivity contribution >= 4 is 34.1 Å². The number of benzene rings is 2. The quantitative estimate of drug-likeness (QED) is 0.294. The molecule has 5 rings (SSSR count). The van der Waals surface area contributed by atoms with Gasteiger partial charge in [0.25, 0.3) is 5.56 Å². The van der Waals surface area contributed by atoms with Crippen LogP contribution in [0.4, 0.5) is 24.8 Å². The zero-order valence-corrected chi connectivity index (χ0v) is 21.3. The van der Waals surface area contributed by atoms with Crippen molar-refractivity contribution < 1.29 is 13.2 Å². The first kappa shape index (κ1) is 26.6. The summed E-state index contributed by atoms with van der Waals surface area (Å²) >= 11 is 6.33. The summed E-state index contributed by atoms with van der Waals surface area (Å²) in [4.78, 5) is 30.2. The van der Waals surface area contributed by atoms with E-state index < -0.39 is 11.7 Å². The van der Waals surface area contributed by atoms with Crippen molar-refractivity contribution in [2.45, 2.75) is 12.6 Å². The number of alkyl halides is 3. The predicted molar refractivity (Wildman–Crippen MR) is 146 cm³/mol. The lowest BCUT2D eigenvalue weighted by Gasteiger charge is -2.15. The third-order valence-corrected chi connectivity index (χ3v) is 6.17. The topological polar surface area (TPSA) is 112 Å². The lowest BCUT2D eigenvalue weighted by molar-refractivity contribution is -0.137. The highest BCUT2D eigenvalue weighted by Gasteiger charge is 2.30. The number of nitrogens with one attached hydrogen (secondary N) is 1. The highest BCUT2D eigenvalue weighted by atomic mass is 35.5. The average Bonchev–Trinajstić information content (AvgIpc) is 2.93. The van der Waals surface area contributed by atoms with E-state index in [2.05, 4.69) is 32.1 Å². The van der Waals surface area contributed by atoms with Gasteiger partial charge in [0, 0.05) is 19.2 Å². The SMILES string of the molecule is Nc1ncnc(NCCc2nc3cccc(Cl)c3c(=O)n2-c2ccccc2)c1C#Cc1cc(C(F)(F)F)ccn1. The molecule has 0 aliphatic heterocycles. The van der Waals surface area contributed by atoms with Gasteiger partial charge in [-0.25, -0.2) is 19.9 Å². The molecule has 0 radical (unpaired) electrons. The summed E-state index contributed by atoms with van der Waals surface area (Å²) in [5.74, 6) is 6.10. The zero-order chi connectivity index (χ0) is 28.3. The smallest absolute Gasteiger partial charge is 0.382 e. The summed E-state index contributed by atoms with van der Waals surface area (Å²) in [5.41, 5.74) is 6.03. The lowest BCUT2D eigenvalue weighted by atomic mass is 10.2. The Labute approximate surface area is 230 Å². The Morgan fingerprint density at radius 1 is 1.00 bits per heavy atom. The fourth-order valence-electron chi connectivity index (χ4n) is 4.00. The van der Waals surface area contributed by atoms with E-state index in [1.165, 1.54) is 10.9 Å². The zero-order valence-electron chi connectivity index (χ0n) is 20.6. The van der Waals surface area contributed by atoms with E-state index in [0.717, 1.165) is 18.3 Å². The van der Waals surface area contributed by atoms with Gasteiger partial charge in [0.2, 0.25) is 0 Å². The molecule has 0 saturated carbocycles. The number of hydrogen-bond acceptors (Lipinski definition) is 7. The first-order chi connectivity index (χ1) is 19.2. The molecule has 5 aromatic rings. The Morgan fingerprint density at radius 3 is 2.58 bits per heavy atom.